The number of hydrogen-bond acceptors (Lipinski definition) is 4. The molecular formula is C28H28FN3O4. The number of carbonyl (C=O) groups is 3. The highest BCUT2D eigenvalue weighted by Crippen LogP contribution is 2.54. The summed E-state index contributed by atoms with van der Waals surface area (Å²) in [5.41, 5.74) is 2.01. The highest BCUT2D eigenvalue weighted by molar-refractivity contribution is 6.00. The van der Waals surface area contributed by atoms with E-state index in [-0.39, 0.29) is 30.0 Å². The molecule has 3 atom stereocenters. The molecule has 2 heterocycles. The average molecular weight is 490 g/mol. The number of aromatic amines is 1. The summed E-state index contributed by atoms with van der Waals surface area (Å²) in [4.78, 5) is 46.7. The molecule has 1 aliphatic carbocycles. The molecule has 2 aromatic carbocycles. The van der Waals surface area contributed by atoms with Gasteiger partial charge in [0.25, 0.3) is 11.8 Å². The molecule has 2 unspecified atom stereocenters. The number of hydrogen-bond donors (Lipinski definition) is 1. The van der Waals surface area contributed by atoms with Gasteiger partial charge in [0, 0.05) is 44.2 Å². The quantitative estimate of drug-likeness (QED) is 0.557. The van der Waals surface area contributed by atoms with E-state index in [1.807, 2.05) is 6.07 Å². The molecule has 3 aromatic rings. The number of ether oxygens (including phenoxy) is 1. The first kappa shape index (κ1) is 23.8. The molecule has 7 nitrogen and oxygen atoms in total. The number of benzene rings is 2. The lowest BCUT2D eigenvalue weighted by Gasteiger charge is -2.40. The number of methoxy groups -OCH3 is 1. The molecular weight excluding hydrogens is 461 g/mol. The fraction of sp³-hybridized carbons (Fsp3) is 0.321. The third-order valence-electron chi connectivity index (χ3n) is 7.45. The molecule has 0 radical (unpaired) electrons. The molecule has 1 aliphatic heterocycles. The summed E-state index contributed by atoms with van der Waals surface area (Å²) in [6.45, 7) is 0.355. The molecule has 5 rings (SSSR count). The largest absolute Gasteiger partial charge is 0.467 e. The van der Waals surface area contributed by atoms with E-state index in [1.165, 1.54) is 24.1 Å². The number of aromatic nitrogens is 1. The van der Waals surface area contributed by atoms with E-state index in [1.54, 1.807) is 61.5 Å². The number of rotatable bonds is 5. The minimum Gasteiger partial charge on any atom is -0.467 e. The van der Waals surface area contributed by atoms with Crippen molar-refractivity contribution < 1.29 is 23.5 Å². The van der Waals surface area contributed by atoms with Crippen LogP contribution in [0.4, 0.5) is 4.39 Å². The van der Waals surface area contributed by atoms with Crippen LogP contribution in [0.25, 0.3) is 0 Å². The van der Waals surface area contributed by atoms with E-state index in [0.29, 0.717) is 29.8 Å². The van der Waals surface area contributed by atoms with Gasteiger partial charge in [-0.3, -0.25) is 9.59 Å². The van der Waals surface area contributed by atoms with Gasteiger partial charge in [0.15, 0.2) is 5.54 Å². The molecule has 0 bridgehead atoms. The van der Waals surface area contributed by atoms with Crippen LogP contribution in [0.2, 0.25) is 0 Å². The Labute approximate surface area is 208 Å². The van der Waals surface area contributed by atoms with Gasteiger partial charge in [-0.05, 0) is 53.8 Å². The number of carbonyl (C=O) groups excluding carboxylic acids is 3. The van der Waals surface area contributed by atoms with Crippen molar-refractivity contribution in [2.75, 3.05) is 27.7 Å². The zero-order chi connectivity index (χ0) is 25.6. The smallest absolute Gasteiger partial charge is 0.332 e. The topological polar surface area (TPSA) is 82.7 Å². The summed E-state index contributed by atoms with van der Waals surface area (Å²) in [7, 11) is 4.68. The predicted octanol–water partition coefficient (Wildman–Crippen LogP) is 3.42. The molecule has 0 spiro atoms. The van der Waals surface area contributed by atoms with Crippen LogP contribution in [0, 0.1) is 11.7 Å². The zero-order valence-electron chi connectivity index (χ0n) is 20.5. The number of amides is 2. The lowest BCUT2D eigenvalue weighted by atomic mass is 9.75. The van der Waals surface area contributed by atoms with Crippen molar-refractivity contribution in [1.29, 1.82) is 0 Å². The number of H-pyrrole nitrogens is 1. The molecule has 1 fully saturated rings. The molecule has 0 saturated carbocycles. The Morgan fingerprint density at radius 1 is 1.11 bits per heavy atom. The Balaban J connectivity index is 1.67. The van der Waals surface area contributed by atoms with Crippen LogP contribution in [0.3, 0.4) is 0 Å². The first-order chi connectivity index (χ1) is 17.3. The predicted molar refractivity (Wildman–Crippen MR) is 131 cm³/mol. The van der Waals surface area contributed by atoms with Crippen LogP contribution >= 0.6 is 0 Å². The van der Waals surface area contributed by atoms with Gasteiger partial charge >= 0.3 is 5.97 Å². The summed E-state index contributed by atoms with van der Waals surface area (Å²) in [6.07, 6.45) is 0.753. The second kappa shape index (κ2) is 8.93. The average Bonchev–Trinajstić information content (AvgIpc) is 3.53. The fourth-order valence-electron chi connectivity index (χ4n) is 5.94. The SMILES string of the molecule is COC(=O)[C@@]1(Cc2ccc(F)cc2)C2c3cc(C(=O)N(C)C)[nH]c3CC2CN1C(=O)c1ccccc1. The van der Waals surface area contributed by atoms with E-state index in [0.717, 1.165) is 11.3 Å². The van der Waals surface area contributed by atoms with Crippen LogP contribution in [-0.4, -0.2) is 65.9 Å². The minimum atomic E-state index is -1.37. The van der Waals surface area contributed by atoms with E-state index >= 15 is 0 Å². The molecule has 2 amide bonds. The van der Waals surface area contributed by atoms with Crippen LogP contribution in [-0.2, 0) is 22.4 Å². The lowest BCUT2D eigenvalue weighted by Crippen LogP contribution is -2.58. The maximum absolute atomic E-state index is 13.9. The molecule has 1 saturated heterocycles. The number of likely N-dealkylation sites (tertiary alicyclic amines) is 1. The van der Waals surface area contributed by atoms with Crippen molar-refractivity contribution in [3.63, 3.8) is 0 Å². The number of nitrogens with one attached hydrogen (secondary N) is 1. The van der Waals surface area contributed by atoms with Crippen molar-refractivity contribution in [2.24, 2.45) is 5.92 Å². The molecule has 8 heteroatoms. The number of fused-ring (bicyclic) bond motifs is 3. The minimum absolute atomic E-state index is 0.0398. The van der Waals surface area contributed by atoms with Crippen LogP contribution < -0.4 is 0 Å². The maximum Gasteiger partial charge on any atom is 0.332 e. The summed E-state index contributed by atoms with van der Waals surface area (Å²) in [6, 6.07) is 16.6. The fourth-order valence-corrected chi connectivity index (χ4v) is 5.94. The summed E-state index contributed by atoms with van der Waals surface area (Å²) < 4.78 is 19.1. The molecule has 1 aromatic heterocycles. The Bertz CT molecular complexity index is 1320. The van der Waals surface area contributed by atoms with Gasteiger partial charge in [0.05, 0.1) is 7.11 Å². The van der Waals surface area contributed by atoms with E-state index < -0.39 is 17.4 Å². The monoisotopic (exact) mass is 489 g/mol. The third kappa shape index (κ3) is 3.68. The second-order valence-electron chi connectivity index (χ2n) is 9.76. The van der Waals surface area contributed by atoms with Crippen molar-refractivity contribution in [2.45, 2.75) is 24.3 Å². The van der Waals surface area contributed by atoms with Gasteiger partial charge in [0.1, 0.15) is 11.5 Å². The van der Waals surface area contributed by atoms with Crippen LogP contribution in [0.15, 0.2) is 60.7 Å². The zero-order valence-corrected chi connectivity index (χ0v) is 20.5. The third-order valence-corrected chi connectivity index (χ3v) is 7.45. The van der Waals surface area contributed by atoms with Gasteiger partial charge in [0.2, 0.25) is 0 Å². The van der Waals surface area contributed by atoms with E-state index in [2.05, 4.69) is 4.98 Å². The van der Waals surface area contributed by atoms with E-state index in [4.69, 9.17) is 4.74 Å². The number of nitrogens with zero attached hydrogens (tertiary/aromatic N) is 2. The molecule has 1 N–H and O–H groups in total. The van der Waals surface area contributed by atoms with Crippen molar-refractivity contribution in [1.82, 2.24) is 14.8 Å². The van der Waals surface area contributed by atoms with Gasteiger partial charge < -0.3 is 19.5 Å². The first-order valence-corrected chi connectivity index (χ1v) is 11.9. The second-order valence-corrected chi connectivity index (χ2v) is 9.76. The van der Waals surface area contributed by atoms with Crippen molar-refractivity contribution >= 4 is 17.8 Å². The maximum atomic E-state index is 13.9. The Kier molecular flexibility index (Phi) is 5.90. The molecule has 36 heavy (non-hydrogen) atoms. The van der Waals surface area contributed by atoms with E-state index in [9.17, 15) is 18.8 Å². The van der Waals surface area contributed by atoms with Gasteiger partial charge in [-0.1, -0.05) is 30.3 Å². The Hall–Kier alpha value is -3.94. The van der Waals surface area contributed by atoms with Gasteiger partial charge in [-0.15, -0.1) is 0 Å². The molecule has 186 valence electrons. The van der Waals surface area contributed by atoms with Gasteiger partial charge in [-0.2, -0.15) is 0 Å². The van der Waals surface area contributed by atoms with Crippen LogP contribution in [0.1, 0.15) is 43.6 Å². The van der Waals surface area contributed by atoms with Crippen molar-refractivity contribution in [3.05, 3.63) is 94.6 Å². The summed E-state index contributed by atoms with van der Waals surface area (Å²) in [5.74, 6) is -1.77. The first-order valence-electron chi connectivity index (χ1n) is 11.9. The van der Waals surface area contributed by atoms with Crippen molar-refractivity contribution in [3.8, 4) is 0 Å². The number of esters is 1. The lowest BCUT2D eigenvalue weighted by molar-refractivity contribution is -0.153. The number of halogens is 1. The Morgan fingerprint density at radius 3 is 2.44 bits per heavy atom. The molecule has 2 aliphatic rings. The highest BCUT2D eigenvalue weighted by Gasteiger charge is 2.64. The van der Waals surface area contributed by atoms with Gasteiger partial charge in [-0.25, -0.2) is 9.18 Å². The van der Waals surface area contributed by atoms with Crippen LogP contribution in [0.5, 0.6) is 0 Å². The standard InChI is InChI=1S/C28H28FN3O4/c1-31(2)26(34)23-14-21-22(30-23)13-19-16-32(25(33)18-7-5-4-6-8-18)28(24(19)21,27(35)36-3)15-17-9-11-20(29)12-10-17/h4-12,14,19,24,30H,13,15-16H2,1-3H3/t19?,24?,28-/m1/s1. The normalized spacial score (nSPS) is 22.2. The summed E-state index contributed by atoms with van der Waals surface area (Å²) >= 11 is 0. The summed E-state index contributed by atoms with van der Waals surface area (Å²) in [5, 5.41) is 0. The Morgan fingerprint density at radius 2 is 1.81 bits per heavy atom. The highest BCUT2D eigenvalue weighted by atomic mass is 19.1.